The number of rotatable bonds is 8. The fourth-order valence-electron chi connectivity index (χ4n) is 3.16. The largest absolute Gasteiger partial charge is 0.310 e. The molecule has 0 aromatic heterocycles. The highest BCUT2D eigenvalue weighted by Gasteiger charge is 2.17. The fraction of sp³-hybridized carbons (Fsp3) is 0.667. The maximum Gasteiger partial charge on any atom is 0.0323 e. The summed E-state index contributed by atoms with van der Waals surface area (Å²) in [6.45, 7) is 3.43. The lowest BCUT2D eigenvalue weighted by atomic mass is 9.91. The van der Waals surface area contributed by atoms with Gasteiger partial charge in [0.2, 0.25) is 0 Å². The standard InChI is InChI=1S/C18H29N/c1-2-3-4-5-6-7-8-13-18-17-12-10-9-11-16(17)14-15-19-18/h9-12,18-19H,2-8,13-15H2,1H3. The maximum absolute atomic E-state index is 3.69. The highest BCUT2D eigenvalue weighted by molar-refractivity contribution is 5.32. The van der Waals surface area contributed by atoms with Crippen LogP contribution in [0.2, 0.25) is 0 Å². The second-order valence-corrected chi connectivity index (χ2v) is 5.87. The predicted octanol–water partition coefficient (Wildman–Crippen LogP) is 5.01. The summed E-state index contributed by atoms with van der Waals surface area (Å²) in [5.74, 6) is 0. The van der Waals surface area contributed by atoms with E-state index >= 15 is 0 Å². The summed E-state index contributed by atoms with van der Waals surface area (Å²) in [6.07, 6.45) is 12.3. The zero-order valence-electron chi connectivity index (χ0n) is 12.5. The van der Waals surface area contributed by atoms with Crippen molar-refractivity contribution >= 4 is 0 Å². The zero-order valence-corrected chi connectivity index (χ0v) is 12.5. The van der Waals surface area contributed by atoms with E-state index in [-0.39, 0.29) is 0 Å². The normalized spacial score (nSPS) is 18.3. The third kappa shape index (κ3) is 4.65. The maximum atomic E-state index is 3.69. The SMILES string of the molecule is CCCCCCCCCC1NCCc2ccccc21. The van der Waals surface area contributed by atoms with Crippen LogP contribution in [-0.4, -0.2) is 6.54 Å². The van der Waals surface area contributed by atoms with Gasteiger partial charge in [0, 0.05) is 6.04 Å². The molecule has 2 rings (SSSR count). The summed E-state index contributed by atoms with van der Waals surface area (Å²) < 4.78 is 0. The number of hydrogen-bond donors (Lipinski definition) is 1. The zero-order chi connectivity index (χ0) is 13.3. The van der Waals surface area contributed by atoms with Gasteiger partial charge in [0.15, 0.2) is 0 Å². The average molecular weight is 259 g/mol. The van der Waals surface area contributed by atoms with Crippen LogP contribution in [0.15, 0.2) is 24.3 Å². The third-order valence-corrected chi connectivity index (χ3v) is 4.31. The van der Waals surface area contributed by atoms with E-state index in [4.69, 9.17) is 0 Å². The molecule has 0 spiro atoms. The van der Waals surface area contributed by atoms with E-state index in [9.17, 15) is 0 Å². The van der Waals surface area contributed by atoms with Crippen molar-refractivity contribution < 1.29 is 0 Å². The Labute approximate surface area is 118 Å². The Kier molecular flexibility index (Phi) is 6.43. The molecule has 1 aromatic carbocycles. The molecule has 0 fully saturated rings. The van der Waals surface area contributed by atoms with Gasteiger partial charge in [0.25, 0.3) is 0 Å². The minimum Gasteiger partial charge on any atom is -0.310 e. The highest BCUT2D eigenvalue weighted by atomic mass is 14.9. The van der Waals surface area contributed by atoms with Gasteiger partial charge in [-0.3, -0.25) is 0 Å². The van der Waals surface area contributed by atoms with Crippen molar-refractivity contribution in [2.24, 2.45) is 0 Å². The number of unbranched alkanes of at least 4 members (excludes halogenated alkanes) is 6. The molecule has 1 heteroatoms. The van der Waals surface area contributed by atoms with Gasteiger partial charge in [-0.1, -0.05) is 76.1 Å². The predicted molar refractivity (Wildman–Crippen MR) is 83.5 cm³/mol. The molecule has 0 saturated heterocycles. The molecule has 0 saturated carbocycles. The van der Waals surface area contributed by atoms with Gasteiger partial charge in [-0.05, 0) is 30.5 Å². The first-order valence-corrected chi connectivity index (χ1v) is 8.23. The van der Waals surface area contributed by atoms with Crippen LogP contribution in [-0.2, 0) is 6.42 Å². The lowest BCUT2D eigenvalue weighted by molar-refractivity contribution is 0.448. The van der Waals surface area contributed by atoms with Crippen LogP contribution < -0.4 is 5.32 Å². The van der Waals surface area contributed by atoms with Gasteiger partial charge >= 0.3 is 0 Å². The van der Waals surface area contributed by atoms with E-state index in [2.05, 4.69) is 36.5 Å². The van der Waals surface area contributed by atoms with Crippen LogP contribution in [0.25, 0.3) is 0 Å². The van der Waals surface area contributed by atoms with Gasteiger partial charge in [-0.25, -0.2) is 0 Å². The fourth-order valence-corrected chi connectivity index (χ4v) is 3.16. The Morgan fingerprint density at radius 1 is 1.00 bits per heavy atom. The highest BCUT2D eigenvalue weighted by Crippen LogP contribution is 2.27. The molecule has 1 atom stereocenters. The van der Waals surface area contributed by atoms with Crippen molar-refractivity contribution in [3.05, 3.63) is 35.4 Å². The van der Waals surface area contributed by atoms with Crippen LogP contribution in [0.1, 0.15) is 75.5 Å². The van der Waals surface area contributed by atoms with E-state index < -0.39 is 0 Å². The van der Waals surface area contributed by atoms with E-state index in [1.807, 2.05) is 0 Å². The van der Waals surface area contributed by atoms with Crippen molar-refractivity contribution in [1.29, 1.82) is 0 Å². The Morgan fingerprint density at radius 2 is 1.74 bits per heavy atom. The minimum absolute atomic E-state index is 0.612. The topological polar surface area (TPSA) is 12.0 Å². The molecule has 1 N–H and O–H groups in total. The molecule has 1 heterocycles. The van der Waals surface area contributed by atoms with Crippen molar-refractivity contribution in [2.75, 3.05) is 6.54 Å². The first-order valence-electron chi connectivity index (χ1n) is 8.23. The lowest BCUT2D eigenvalue weighted by Crippen LogP contribution is -2.29. The van der Waals surface area contributed by atoms with Gasteiger partial charge in [-0.2, -0.15) is 0 Å². The molecule has 106 valence electrons. The van der Waals surface area contributed by atoms with Crippen LogP contribution in [0.4, 0.5) is 0 Å². The van der Waals surface area contributed by atoms with Gasteiger partial charge in [-0.15, -0.1) is 0 Å². The molecule has 19 heavy (non-hydrogen) atoms. The molecular weight excluding hydrogens is 230 g/mol. The Bertz CT molecular complexity index is 358. The van der Waals surface area contributed by atoms with Gasteiger partial charge in [0.05, 0.1) is 0 Å². The summed E-state index contributed by atoms with van der Waals surface area (Å²) in [4.78, 5) is 0. The molecule has 0 amide bonds. The van der Waals surface area contributed by atoms with Crippen LogP contribution in [0.3, 0.4) is 0 Å². The smallest absolute Gasteiger partial charge is 0.0323 e. The van der Waals surface area contributed by atoms with E-state index in [0.717, 1.165) is 6.54 Å². The minimum atomic E-state index is 0.612. The first-order chi connectivity index (χ1) is 9.42. The lowest BCUT2D eigenvalue weighted by Gasteiger charge is -2.27. The number of fused-ring (bicyclic) bond motifs is 1. The molecule has 1 aliphatic rings. The second kappa shape index (κ2) is 8.37. The van der Waals surface area contributed by atoms with E-state index in [1.165, 1.54) is 57.8 Å². The molecule has 1 unspecified atom stereocenters. The third-order valence-electron chi connectivity index (χ3n) is 4.31. The number of nitrogens with one attached hydrogen (secondary N) is 1. The summed E-state index contributed by atoms with van der Waals surface area (Å²) >= 11 is 0. The molecule has 1 aliphatic heterocycles. The van der Waals surface area contributed by atoms with Gasteiger partial charge < -0.3 is 5.32 Å². The van der Waals surface area contributed by atoms with Crippen molar-refractivity contribution in [2.45, 2.75) is 70.8 Å². The monoisotopic (exact) mass is 259 g/mol. The molecule has 1 nitrogen and oxygen atoms in total. The summed E-state index contributed by atoms with van der Waals surface area (Å²) in [7, 11) is 0. The average Bonchev–Trinajstić information content (AvgIpc) is 2.46. The Hall–Kier alpha value is -0.820. The van der Waals surface area contributed by atoms with Gasteiger partial charge in [0.1, 0.15) is 0 Å². The molecular formula is C18H29N. The summed E-state index contributed by atoms with van der Waals surface area (Å²) in [5, 5.41) is 3.69. The van der Waals surface area contributed by atoms with Crippen LogP contribution in [0, 0.1) is 0 Å². The number of benzene rings is 1. The second-order valence-electron chi connectivity index (χ2n) is 5.87. The Balaban J connectivity index is 1.67. The van der Waals surface area contributed by atoms with Crippen LogP contribution in [0.5, 0.6) is 0 Å². The number of hydrogen-bond acceptors (Lipinski definition) is 1. The molecule has 0 aliphatic carbocycles. The van der Waals surface area contributed by atoms with Crippen molar-refractivity contribution in [3.8, 4) is 0 Å². The van der Waals surface area contributed by atoms with Crippen molar-refractivity contribution in [1.82, 2.24) is 5.32 Å². The molecule has 1 aromatic rings. The Morgan fingerprint density at radius 3 is 2.58 bits per heavy atom. The first kappa shape index (κ1) is 14.6. The molecule has 0 radical (unpaired) electrons. The van der Waals surface area contributed by atoms with Crippen molar-refractivity contribution in [3.63, 3.8) is 0 Å². The molecule has 0 bridgehead atoms. The quantitative estimate of drug-likeness (QED) is 0.647. The summed E-state index contributed by atoms with van der Waals surface area (Å²) in [5.41, 5.74) is 3.12. The summed E-state index contributed by atoms with van der Waals surface area (Å²) in [6, 6.07) is 9.58. The van der Waals surface area contributed by atoms with E-state index in [1.54, 1.807) is 11.1 Å². The van der Waals surface area contributed by atoms with Crippen LogP contribution >= 0.6 is 0 Å². The van der Waals surface area contributed by atoms with E-state index in [0.29, 0.717) is 6.04 Å².